The fourth-order valence-corrected chi connectivity index (χ4v) is 2.60. The Morgan fingerprint density at radius 2 is 2.16 bits per heavy atom. The van der Waals surface area contributed by atoms with Gasteiger partial charge in [-0.05, 0) is 37.6 Å². The molecule has 1 saturated heterocycles. The smallest absolute Gasteiger partial charge is 0.275 e. The number of aromatic nitrogens is 2. The van der Waals surface area contributed by atoms with Gasteiger partial charge in [0.05, 0.1) is 37.3 Å². The Morgan fingerprint density at radius 3 is 2.84 bits per heavy atom. The Hall–Kier alpha value is -2.45. The van der Waals surface area contributed by atoms with Gasteiger partial charge in [0.25, 0.3) is 5.91 Å². The van der Waals surface area contributed by atoms with Crippen molar-refractivity contribution >= 4 is 5.91 Å². The lowest BCUT2D eigenvalue weighted by Gasteiger charge is -2.33. The third-order valence-corrected chi connectivity index (χ3v) is 4.03. The number of carbonyl (C=O) groups excluding carboxylic acids is 1. The molecular formula is C17H20FN3O4. The van der Waals surface area contributed by atoms with Gasteiger partial charge in [-0.15, -0.1) is 0 Å². The summed E-state index contributed by atoms with van der Waals surface area (Å²) >= 11 is 0. The number of nitrogens with one attached hydrogen (secondary N) is 1. The molecule has 8 heteroatoms. The van der Waals surface area contributed by atoms with Gasteiger partial charge in [-0.2, -0.15) is 5.10 Å². The van der Waals surface area contributed by atoms with Gasteiger partial charge >= 0.3 is 0 Å². The molecule has 7 nitrogen and oxygen atoms in total. The van der Waals surface area contributed by atoms with E-state index in [1.165, 1.54) is 35.1 Å². The minimum Gasteiger partial charge on any atom is -0.504 e. The van der Waals surface area contributed by atoms with Crippen LogP contribution in [0.1, 0.15) is 23.8 Å². The van der Waals surface area contributed by atoms with E-state index >= 15 is 0 Å². The van der Waals surface area contributed by atoms with Crippen molar-refractivity contribution in [3.8, 4) is 11.4 Å². The summed E-state index contributed by atoms with van der Waals surface area (Å²) in [5.41, 5.74) is 0.0208. The average Bonchev–Trinajstić information content (AvgIpc) is 2.98. The minimum atomic E-state index is -0.487. The molecule has 25 heavy (non-hydrogen) atoms. The molecule has 0 spiro atoms. The number of aromatic hydroxyl groups is 1. The molecule has 0 bridgehead atoms. The predicted octanol–water partition coefficient (Wildman–Crippen LogP) is 1.64. The topological polar surface area (TPSA) is 85.6 Å². The van der Waals surface area contributed by atoms with Crippen molar-refractivity contribution in [1.82, 2.24) is 15.1 Å². The van der Waals surface area contributed by atoms with Crippen LogP contribution in [0.4, 0.5) is 4.39 Å². The second kappa shape index (κ2) is 7.20. The van der Waals surface area contributed by atoms with Crippen molar-refractivity contribution in [2.75, 3.05) is 26.4 Å². The number of amides is 1. The fourth-order valence-electron chi connectivity index (χ4n) is 2.60. The molecule has 1 atom stereocenters. The Bertz CT molecular complexity index is 739. The van der Waals surface area contributed by atoms with Gasteiger partial charge in [-0.25, -0.2) is 9.07 Å². The van der Waals surface area contributed by atoms with Crippen molar-refractivity contribution in [2.24, 2.45) is 0 Å². The number of carbonyl (C=O) groups is 1. The Kier molecular flexibility index (Phi) is 5.00. The highest BCUT2D eigenvalue weighted by molar-refractivity contribution is 5.94. The monoisotopic (exact) mass is 349 g/mol. The zero-order chi connectivity index (χ0) is 17.9. The standard InChI is InChI=1S/C17H20FN3O4/c1-17(11-24-8-9-25-17)6-7-19-16(23)15-14(22)10-21(20-15)13-4-2-12(18)3-5-13/h2-5,10,22H,6-9,11H2,1H3,(H,19,23). The van der Waals surface area contributed by atoms with E-state index in [9.17, 15) is 14.3 Å². The summed E-state index contributed by atoms with van der Waals surface area (Å²) in [6.45, 7) is 3.89. The van der Waals surface area contributed by atoms with Crippen LogP contribution in [-0.4, -0.2) is 52.8 Å². The summed E-state index contributed by atoms with van der Waals surface area (Å²) in [4.78, 5) is 12.2. The highest BCUT2D eigenvalue weighted by atomic mass is 19.1. The summed E-state index contributed by atoms with van der Waals surface area (Å²) < 4.78 is 25.4. The molecule has 134 valence electrons. The molecule has 1 aromatic carbocycles. The Labute approximate surface area is 144 Å². The first-order valence-electron chi connectivity index (χ1n) is 8.01. The first-order valence-corrected chi connectivity index (χ1v) is 8.01. The van der Waals surface area contributed by atoms with Crippen LogP contribution in [0.3, 0.4) is 0 Å². The van der Waals surface area contributed by atoms with Crippen LogP contribution in [-0.2, 0) is 9.47 Å². The van der Waals surface area contributed by atoms with E-state index in [0.717, 1.165) is 0 Å². The van der Waals surface area contributed by atoms with Crippen molar-refractivity contribution in [2.45, 2.75) is 18.9 Å². The van der Waals surface area contributed by atoms with Gasteiger partial charge in [-0.1, -0.05) is 0 Å². The first kappa shape index (κ1) is 17.4. The molecule has 1 unspecified atom stereocenters. The molecule has 1 amide bonds. The number of rotatable bonds is 5. The van der Waals surface area contributed by atoms with Crippen LogP contribution in [0.15, 0.2) is 30.5 Å². The van der Waals surface area contributed by atoms with Crippen LogP contribution in [0.2, 0.25) is 0 Å². The molecule has 1 aromatic heterocycles. The van der Waals surface area contributed by atoms with E-state index in [2.05, 4.69) is 10.4 Å². The molecule has 2 N–H and O–H groups in total. The number of benzene rings is 1. The fraction of sp³-hybridized carbons (Fsp3) is 0.412. The van der Waals surface area contributed by atoms with Crippen molar-refractivity contribution in [3.05, 3.63) is 42.0 Å². The third kappa shape index (κ3) is 4.15. The second-order valence-corrected chi connectivity index (χ2v) is 6.14. The number of hydrogen-bond donors (Lipinski definition) is 2. The van der Waals surface area contributed by atoms with E-state index in [1.54, 1.807) is 0 Å². The van der Waals surface area contributed by atoms with Crippen LogP contribution >= 0.6 is 0 Å². The lowest BCUT2D eigenvalue weighted by Crippen LogP contribution is -2.43. The summed E-state index contributed by atoms with van der Waals surface area (Å²) in [7, 11) is 0. The second-order valence-electron chi connectivity index (χ2n) is 6.14. The van der Waals surface area contributed by atoms with E-state index in [1.807, 2.05) is 6.92 Å². The first-order chi connectivity index (χ1) is 12.0. The quantitative estimate of drug-likeness (QED) is 0.857. The van der Waals surface area contributed by atoms with Gasteiger partial charge in [0.15, 0.2) is 11.4 Å². The molecular weight excluding hydrogens is 329 g/mol. The Balaban J connectivity index is 1.61. The largest absolute Gasteiger partial charge is 0.504 e. The number of ether oxygens (including phenoxy) is 2. The van der Waals surface area contributed by atoms with Gasteiger partial charge < -0.3 is 19.9 Å². The van der Waals surface area contributed by atoms with Gasteiger partial charge in [-0.3, -0.25) is 4.79 Å². The van der Waals surface area contributed by atoms with Crippen molar-refractivity contribution in [3.63, 3.8) is 0 Å². The number of nitrogens with zero attached hydrogens (tertiary/aromatic N) is 2. The van der Waals surface area contributed by atoms with E-state index in [4.69, 9.17) is 9.47 Å². The summed E-state index contributed by atoms with van der Waals surface area (Å²) in [6.07, 6.45) is 1.89. The van der Waals surface area contributed by atoms with E-state index in [-0.39, 0.29) is 17.3 Å². The summed E-state index contributed by atoms with van der Waals surface area (Å²) in [5, 5.41) is 16.7. The SMILES string of the molecule is CC1(CCNC(=O)c2nn(-c3ccc(F)cc3)cc2O)COCCO1. The maximum atomic E-state index is 13.0. The molecule has 0 aliphatic carbocycles. The zero-order valence-corrected chi connectivity index (χ0v) is 13.9. The maximum Gasteiger partial charge on any atom is 0.275 e. The number of hydrogen-bond acceptors (Lipinski definition) is 5. The van der Waals surface area contributed by atoms with Crippen LogP contribution in [0, 0.1) is 5.82 Å². The molecule has 2 aromatic rings. The summed E-state index contributed by atoms with van der Waals surface area (Å²) in [5.74, 6) is -1.11. The van der Waals surface area contributed by atoms with Gasteiger partial charge in [0, 0.05) is 6.54 Å². The average molecular weight is 349 g/mol. The minimum absolute atomic E-state index is 0.0877. The van der Waals surface area contributed by atoms with Crippen LogP contribution in [0.5, 0.6) is 5.75 Å². The lowest BCUT2D eigenvalue weighted by atomic mass is 10.0. The molecule has 2 heterocycles. The van der Waals surface area contributed by atoms with Crippen LogP contribution < -0.4 is 5.32 Å². The Morgan fingerprint density at radius 1 is 1.40 bits per heavy atom. The molecule has 1 fully saturated rings. The van der Waals surface area contributed by atoms with Gasteiger partial charge in [0.1, 0.15) is 5.82 Å². The van der Waals surface area contributed by atoms with Crippen molar-refractivity contribution in [1.29, 1.82) is 0 Å². The molecule has 1 aliphatic heterocycles. The zero-order valence-electron chi connectivity index (χ0n) is 13.9. The van der Waals surface area contributed by atoms with Crippen LogP contribution in [0.25, 0.3) is 5.69 Å². The third-order valence-electron chi connectivity index (χ3n) is 4.03. The van der Waals surface area contributed by atoms with E-state index in [0.29, 0.717) is 38.5 Å². The normalized spacial score (nSPS) is 20.4. The molecule has 3 rings (SSSR count). The molecule has 1 aliphatic rings. The molecule has 0 saturated carbocycles. The van der Waals surface area contributed by atoms with Crippen molar-refractivity contribution < 1.29 is 23.8 Å². The molecule has 0 radical (unpaired) electrons. The highest BCUT2D eigenvalue weighted by Crippen LogP contribution is 2.20. The maximum absolute atomic E-state index is 13.0. The van der Waals surface area contributed by atoms with E-state index < -0.39 is 11.5 Å². The number of halogens is 1. The highest BCUT2D eigenvalue weighted by Gasteiger charge is 2.28. The van der Waals surface area contributed by atoms with Gasteiger partial charge in [0.2, 0.25) is 0 Å². The summed E-state index contributed by atoms with van der Waals surface area (Å²) in [6, 6.07) is 5.57. The predicted molar refractivity (Wildman–Crippen MR) is 87.3 cm³/mol. The lowest BCUT2D eigenvalue weighted by molar-refractivity contribution is -0.149.